The molecule has 2 aromatic rings. The van der Waals surface area contributed by atoms with Gasteiger partial charge in [-0.05, 0) is 48.6 Å². The summed E-state index contributed by atoms with van der Waals surface area (Å²) in [6.45, 7) is 0.715. The summed E-state index contributed by atoms with van der Waals surface area (Å²) in [7, 11) is 4.93. The lowest BCUT2D eigenvalue weighted by molar-refractivity contribution is 0.0827. The van der Waals surface area contributed by atoms with Crippen LogP contribution in [-0.4, -0.2) is 56.2 Å². The fraction of sp³-hybridized carbons (Fsp3) is 0.250. The van der Waals surface area contributed by atoms with Crippen molar-refractivity contribution in [3.63, 3.8) is 0 Å². The molecule has 2 N–H and O–H groups in total. The lowest BCUT2D eigenvalue weighted by Gasteiger charge is -2.14. The van der Waals surface area contributed by atoms with Crippen molar-refractivity contribution in [3.05, 3.63) is 58.1 Å². The first kappa shape index (κ1) is 22.8. The number of amides is 2. The quantitative estimate of drug-likeness (QED) is 0.468. The van der Waals surface area contributed by atoms with E-state index in [4.69, 9.17) is 21.7 Å². The highest BCUT2D eigenvalue weighted by Crippen LogP contribution is 2.23. The molecule has 2 amide bonds. The van der Waals surface area contributed by atoms with Gasteiger partial charge < -0.3 is 19.7 Å². The summed E-state index contributed by atoms with van der Waals surface area (Å²) in [6.07, 6.45) is 0. The van der Waals surface area contributed by atoms with Crippen LogP contribution in [-0.2, 0) is 4.74 Å². The van der Waals surface area contributed by atoms with Crippen molar-refractivity contribution in [2.75, 3.05) is 39.7 Å². The molecule has 0 aliphatic rings. The van der Waals surface area contributed by atoms with Crippen molar-refractivity contribution >= 4 is 50.8 Å². The van der Waals surface area contributed by atoms with Crippen LogP contribution < -0.4 is 15.4 Å². The molecule has 29 heavy (non-hydrogen) atoms. The van der Waals surface area contributed by atoms with Crippen LogP contribution in [0.25, 0.3) is 0 Å². The molecule has 0 aliphatic heterocycles. The van der Waals surface area contributed by atoms with Gasteiger partial charge in [0.1, 0.15) is 12.4 Å². The smallest absolute Gasteiger partial charge is 0.261 e. The van der Waals surface area contributed by atoms with Gasteiger partial charge in [0.05, 0.1) is 12.2 Å². The fourth-order valence-electron chi connectivity index (χ4n) is 2.36. The number of halogens is 1. The normalized spacial score (nSPS) is 10.2. The van der Waals surface area contributed by atoms with Crippen molar-refractivity contribution in [2.24, 2.45) is 0 Å². The zero-order valence-corrected chi connectivity index (χ0v) is 18.7. The van der Waals surface area contributed by atoms with Gasteiger partial charge in [-0.15, -0.1) is 0 Å². The second-order valence-corrected chi connectivity index (χ2v) is 7.49. The summed E-state index contributed by atoms with van der Waals surface area (Å²) in [5.74, 6) is -0.128. The molecule has 0 aliphatic carbocycles. The Morgan fingerprint density at radius 2 is 1.90 bits per heavy atom. The molecule has 7 nitrogen and oxygen atoms in total. The van der Waals surface area contributed by atoms with E-state index in [1.165, 1.54) is 4.90 Å². The van der Waals surface area contributed by atoms with Crippen LogP contribution in [0.4, 0.5) is 5.69 Å². The summed E-state index contributed by atoms with van der Waals surface area (Å²) in [5.41, 5.74) is 1.43. The average Bonchev–Trinajstić information content (AvgIpc) is 2.68. The molecule has 0 saturated heterocycles. The third-order valence-corrected chi connectivity index (χ3v) is 4.43. The predicted molar refractivity (Wildman–Crippen MR) is 120 cm³/mol. The molecule has 0 radical (unpaired) electrons. The van der Waals surface area contributed by atoms with Gasteiger partial charge in [0.25, 0.3) is 11.8 Å². The Hall–Kier alpha value is -2.49. The summed E-state index contributed by atoms with van der Waals surface area (Å²) in [5, 5.41) is 5.65. The van der Waals surface area contributed by atoms with E-state index >= 15 is 0 Å². The van der Waals surface area contributed by atoms with Crippen LogP contribution in [0.3, 0.4) is 0 Å². The first-order valence-corrected chi connectivity index (χ1v) is 9.87. The maximum atomic E-state index is 12.7. The minimum absolute atomic E-state index is 0.104. The maximum Gasteiger partial charge on any atom is 0.261 e. The van der Waals surface area contributed by atoms with Crippen LogP contribution in [0.5, 0.6) is 5.75 Å². The number of nitrogens with one attached hydrogen (secondary N) is 2. The Bertz CT molecular complexity index is 905. The highest BCUT2D eigenvalue weighted by Gasteiger charge is 2.15. The van der Waals surface area contributed by atoms with E-state index in [-0.39, 0.29) is 11.0 Å². The largest absolute Gasteiger partial charge is 0.490 e. The Morgan fingerprint density at radius 3 is 2.59 bits per heavy atom. The van der Waals surface area contributed by atoms with Crippen molar-refractivity contribution in [3.8, 4) is 5.75 Å². The zero-order chi connectivity index (χ0) is 21.4. The number of methoxy groups -OCH3 is 1. The fourth-order valence-corrected chi connectivity index (χ4v) is 2.93. The number of ether oxygens (including phenoxy) is 2. The molecular weight excluding hydrogens is 458 g/mol. The summed E-state index contributed by atoms with van der Waals surface area (Å²) >= 11 is 8.60. The standard InChI is InChI=1S/C20H22BrN3O4S/c1-24(2)19(26)13-5-4-6-15(11-13)22-20(29)23-18(25)16-12-14(21)7-8-17(16)28-10-9-27-3/h4-8,11-12H,9-10H2,1-3H3,(H2,22,23,25,29). The summed E-state index contributed by atoms with van der Waals surface area (Å²) in [4.78, 5) is 26.3. The molecule has 0 saturated carbocycles. The number of nitrogens with zero attached hydrogens (tertiary/aromatic N) is 1. The van der Waals surface area contributed by atoms with Crippen LogP contribution in [0.15, 0.2) is 46.9 Å². The van der Waals surface area contributed by atoms with E-state index in [1.807, 2.05) is 0 Å². The highest BCUT2D eigenvalue weighted by molar-refractivity contribution is 9.10. The average molecular weight is 480 g/mol. The molecule has 0 heterocycles. The van der Waals surface area contributed by atoms with Gasteiger partial charge in [0, 0.05) is 36.9 Å². The number of carbonyl (C=O) groups excluding carboxylic acids is 2. The Kier molecular flexibility index (Phi) is 8.56. The first-order chi connectivity index (χ1) is 13.8. The highest BCUT2D eigenvalue weighted by atomic mass is 79.9. The molecule has 0 spiro atoms. The van der Waals surface area contributed by atoms with Gasteiger partial charge >= 0.3 is 0 Å². The predicted octanol–water partition coefficient (Wildman–Crippen LogP) is 3.30. The molecule has 2 aromatic carbocycles. The topological polar surface area (TPSA) is 79.9 Å². The third-order valence-electron chi connectivity index (χ3n) is 3.73. The monoisotopic (exact) mass is 479 g/mol. The molecule has 0 bridgehead atoms. The van der Waals surface area contributed by atoms with E-state index in [0.29, 0.717) is 35.8 Å². The Balaban J connectivity index is 2.08. The van der Waals surface area contributed by atoms with Crippen molar-refractivity contribution in [2.45, 2.75) is 0 Å². The van der Waals surface area contributed by atoms with Gasteiger partial charge in [-0.3, -0.25) is 14.9 Å². The summed E-state index contributed by atoms with van der Waals surface area (Å²) < 4.78 is 11.3. The van der Waals surface area contributed by atoms with Gasteiger partial charge in [-0.25, -0.2) is 0 Å². The second-order valence-electron chi connectivity index (χ2n) is 6.17. The third kappa shape index (κ3) is 6.81. The van der Waals surface area contributed by atoms with Gasteiger partial charge in [-0.1, -0.05) is 22.0 Å². The van der Waals surface area contributed by atoms with Gasteiger partial charge in [0.15, 0.2) is 5.11 Å². The molecule has 9 heteroatoms. The van der Waals surface area contributed by atoms with Crippen molar-refractivity contribution < 1.29 is 19.1 Å². The Morgan fingerprint density at radius 1 is 1.14 bits per heavy atom. The van der Waals surface area contributed by atoms with Crippen molar-refractivity contribution in [1.82, 2.24) is 10.2 Å². The first-order valence-electron chi connectivity index (χ1n) is 8.67. The van der Waals surface area contributed by atoms with Crippen molar-refractivity contribution in [1.29, 1.82) is 0 Å². The van der Waals surface area contributed by atoms with Crippen LogP contribution in [0, 0.1) is 0 Å². The summed E-state index contributed by atoms with van der Waals surface area (Å²) in [6, 6.07) is 12.0. The number of hydrogen-bond donors (Lipinski definition) is 2. The zero-order valence-electron chi connectivity index (χ0n) is 16.3. The van der Waals surface area contributed by atoms with Crippen LogP contribution in [0.2, 0.25) is 0 Å². The lowest BCUT2D eigenvalue weighted by atomic mass is 10.2. The van der Waals surface area contributed by atoms with E-state index in [2.05, 4.69) is 26.6 Å². The van der Waals surface area contributed by atoms with Gasteiger partial charge in [-0.2, -0.15) is 0 Å². The number of rotatable bonds is 7. The molecule has 0 aromatic heterocycles. The molecule has 0 fully saturated rings. The van der Waals surface area contributed by atoms with E-state index in [0.717, 1.165) is 4.47 Å². The minimum atomic E-state index is -0.420. The number of benzene rings is 2. The number of thiocarbonyl (C=S) groups is 1. The number of carbonyl (C=O) groups is 2. The SMILES string of the molecule is COCCOc1ccc(Br)cc1C(=O)NC(=S)Nc1cccc(C(=O)N(C)C)c1. The molecule has 0 unspecified atom stereocenters. The van der Waals surface area contributed by atoms with E-state index in [9.17, 15) is 9.59 Å². The van der Waals surface area contributed by atoms with Gasteiger partial charge in [0.2, 0.25) is 0 Å². The van der Waals surface area contributed by atoms with E-state index in [1.54, 1.807) is 63.7 Å². The van der Waals surface area contributed by atoms with E-state index < -0.39 is 5.91 Å². The Labute approximate surface area is 183 Å². The molecule has 154 valence electrons. The number of anilines is 1. The molecule has 0 atom stereocenters. The maximum absolute atomic E-state index is 12.7. The molecule has 2 rings (SSSR count). The van der Waals surface area contributed by atoms with Crippen LogP contribution >= 0.6 is 28.1 Å². The van der Waals surface area contributed by atoms with Crippen LogP contribution in [0.1, 0.15) is 20.7 Å². The number of hydrogen-bond acceptors (Lipinski definition) is 5. The minimum Gasteiger partial charge on any atom is -0.490 e. The second kappa shape index (κ2) is 10.9. The lowest BCUT2D eigenvalue weighted by Crippen LogP contribution is -2.34. The molecular formula is C20H22BrN3O4S.